The van der Waals surface area contributed by atoms with Gasteiger partial charge >= 0.3 is 24.2 Å². The van der Waals surface area contributed by atoms with E-state index in [4.69, 9.17) is 33.2 Å². The second-order valence-corrected chi connectivity index (χ2v) is 17.4. The first-order chi connectivity index (χ1) is 29.2. The first kappa shape index (κ1) is 47.9. The molecule has 5 rings (SSSR count). The number of carbonyl (C=O) groups is 5. The van der Waals surface area contributed by atoms with Crippen LogP contribution in [0.1, 0.15) is 95.4 Å². The molecule has 3 heterocycles. The minimum absolute atomic E-state index is 0.0959. The number of nitrogens with zero attached hydrogens (tertiary/aromatic N) is 2. The normalized spacial score (nSPS) is 36.3. The molecule has 62 heavy (non-hydrogen) atoms. The van der Waals surface area contributed by atoms with Crippen molar-refractivity contribution in [3.63, 3.8) is 0 Å². The molecule has 0 aromatic heterocycles. The summed E-state index contributed by atoms with van der Waals surface area (Å²) in [5.41, 5.74) is -2.88. The monoisotopic (exact) mass is 867 g/mol. The topological polar surface area (TPSA) is 218 Å². The van der Waals surface area contributed by atoms with Gasteiger partial charge in [-0.3, -0.25) is 14.9 Å². The number of oxime groups is 1. The highest BCUT2D eigenvalue weighted by atomic mass is 16.8. The van der Waals surface area contributed by atoms with Crippen LogP contribution in [-0.2, 0) is 38.0 Å². The van der Waals surface area contributed by atoms with E-state index in [9.17, 15) is 34.3 Å². The molecule has 2 aromatic rings. The van der Waals surface area contributed by atoms with Crippen LogP contribution < -0.4 is 5.32 Å². The van der Waals surface area contributed by atoms with Crippen molar-refractivity contribution in [2.45, 2.75) is 135 Å². The lowest BCUT2D eigenvalue weighted by Crippen LogP contribution is -2.61. The Morgan fingerprint density at radius 2 is 1.53 bits per heavy atom. The SMILES string of the molecule is CC[C@H]1OC(=O)[C@H](C)C(O)[C@H](C)[C@@H](O[C@@H]2O[C@H](C)C[C@H](N(C)C)[C@H]2OC(=O)c2ccccc2)[C@@](C)(OC(=O)NC(=O)c2ccccc2)C[C@@H](C)/C(=N\O)[C@H](C)[C@H]2OC(=O)O[C@@]21C. The number of ether oxygens (including phenoxy) is 7. The maximum absolute atomic E-state index is 14.0. The third kappa shape index (κ3) is 10.4. The summed E-state index contributed by atoms with van der Waals surface area (Å²) in [6.07, 6.45) is -9.83. The van der Waals surface area contributed by atoms with Crippen LogP contribution in [0, 0.1) is 23.7 Å². The Labute approximate surface area is 362 Å². The standard InChI is InChI=1S/C45H61N3O14/c1-11-32-45(8)37(60-43(54)62-45)26(4)33(47-55)24(2)23-44(7,61-42(53)46-38(50)29-18-14-12-15-19-29)36(27(5)34(49)28(6)39(51)57-32)59-41-35(31(48(9)10)22-25(3)56-41)58-40(52)30-20-16-13-17-21-30/h12-21,24-28,31-32,34-37,41,49,55H,11,22-23H2,1-10H3,(H,46,50,53)/b47-33+/t24-,25-,26+,27+,28-,31+,32-,34?,35-,36-,37-,41+,44+,45-/m1/s1. The largest absolute Gasteiger partial charge is 0.509 e. The fourth-order valence-electron chi connectivity index (χ4n) is 9.17. The summed E-state index contributed by atoms with van der Waals surface area (Å²) in [6.45, 7) is 13.1. The molecule has 17 heteroatoms. The summed E-state index contributed by atoms with van der Waals surface area (Å²) in [5, 5.41) is 28.8. The molecule has 3 aliphatic heterocycles. The van der Waals surface area contributed by atoms with Crippen LogP contribution in [0.15, 0.2) is 65.8 Å². The van der Waals surface area contributed by atoms with Crippen molar-refractivity contribution < 1.29 is 67.4 Å². The molecule has 0 saturated carbocycles. The zero-order chi connectivity index (χ0) is 45.7. The summed E-state index contributed by atoms with van der Waals surface area (Å²) in [6, 6.07) is 15.9. The Morgan fingerprint density at radius 1 is 0.919 bits per heavy atom. The Morgan fingerprint density at radius 3 is 2.11 bits per heavy atom. The fraction of sp³-hybridized carbons (Fsp3) is 0.600. The average molecular weight is 868 g/mol. The van der Waals surface area contributed by atoms with E-state index >= 15 is 0 Å². The molecule has 3 N–H and O–H groups in total. The molecule has 3 aliphatic rings. The lowest BCUT2D eigenvalue weighted by Gasteiger charge is -2.48. The lowest BCUT2D eigenvalue weighted by atomic mass is 9.73. The molecule has 340 valence electrons. The highest BCUT2D eigenvalue weighted by molar-refractivity contribution is 6.02. The number of cyclic esters (lactones) is 1. The van der Waals surface area contributed by atoms with Crippen LogP contribution in [0.5, 0.6) is 0 Å². The molecular formula is C45H61N3O14. The fourth-order valence-corrected chi connectivity index (χ4v) is 9.17. The minimum atomic E-state index is -1.88. The Balaban J connectivity index is 1.65. The van der Waals surface area contributed by atoms with E-state index in [-0.39, 0.29) is 29.7 Å². The Kier molecular flexibility index (Phi) is 15.4. The van der Waals surface area contributed by atoms with Crippen molar-refractivity contribution in [3.8, 4) is 0 Å². The Hall–Kier alpha value is -5.10. The smallest absolute Gasteiger partial charge is 0.458 e. The van der Waals surface area contributed by atoms with Gasteiger partial charge in [-0.15, -0.1) is 0 Å². The molecule has 0 spiro atoms. The number of hydrogen-bond acceptors (Lipinski definition) is 16. The number of amides is 2. The van der Waals surface area contributed by atoms with Crippen LogP contribution in [0.25, 0.3) is 0 Å². The number of fused-ring (bicyclic) bond motifs is 1. The highest BCUT2D eigenvalue weighted by Crippen LogP contribution is 2.43. The third-order valence-corrected chi connectivity index (χ3v) is 12.5. The van der Waals surface area contributed by atoms with Gasteiger partial charge < -0.3 is 48.4 Å². The van der Waals surface area contributed by atoms with Crippen LogP contribution in [0.4, 0.5) is 9.59 Å². The van der Waals surface area contributed by atoms with Crippen molar-refractivity contribution in [2.75, 3.05) is 14.1 Å². The molecule has 17 nitrogen and oxygen atoms in total. The van der Waals surface area contributed by atoms with Gasteiger partial charge in [-0.2, -0.15) is 0 Å². The molecule has 14 atom stereocenters. The number of hydrogen-bond donors (Lipinski definition) is 3. The minimum Gasteiger partial charge on any atom is -0.458 e. The van der Waals surface area contributed by atoms with Gasteiger partial charge in [-0.1, -0.05) is 69.2 Å². The Bertz CT molecular complexity index is 1930. The van der Waals surface area contributed by atoms with Crippen LogP contribution in [0.2, 0.25) is 0 Å². The lowest BCUT2D eigenvalue weighted by molar-refractivity contribution is -0.297. The van der Waals surface area contributed by atoms with E-state index in [1.165, 1.54) is 26.0 Å². The molecular weight excluding hydrogens is 807 g/mol. The number of likely N-dealkylation sites (N-methyl/N-ethyl adjacent to an activating group) is 1. The maximum atomic E-state index is 14.0. The number of aliphatic hydroxyl groups excluding tert-OH is 1. The van der Waals surface area contributed by atoms with E-state index in [0.29, 0.717) is 6.42 Å². The van der Waals surface area contributed by atoms with Gasteiger partial charge in [0.25, 0.3) is 5.91 Å². The molecule has 0 bridgehead atoms. The number of carbonyl (C=O) groups excluding carboxylic acids is 5. The van der Waals surface area contributed by atoms with Gasteiger partial charge in [0.1, 0.15) is 17.8 Å². The predicted molar refractivity (Wildman–Crippen MR) is 222 cm³/mol. The van der Waals surface area contributed by atoms with E-state index in [1.807, 2.05) is 25.9 Å². The summed E-state index contributed by atoms with van der Waals surface area (Å²) in [5.74, 6) is -6.30. The first-order valence-electron chi connectivity index (χ1n) is 21.1. The van der Waals surface area contributed by atoms with Crippen molar-refractivity contribution in [1.82, 2.24) is 10.2 Å². The summed E-state index contributed by atoms with van der Waals surface area (Å²) >= 11 is 0. The molecule has 2 aromatic carbocycles. The molecule has 0 aliphatic carbocycles. The quantitative estimate of drug-likeness (QED) is 0.125. The van der Waals surface area contributed by atoms with Crippen molar-refractivity contribution in [2.24, 2.45) is 28.8 Å². The third-order valence-electron chi connectivity index (χ3n) is 12.5. The van der Waals surface area contributed by atoms with Crippen LogP contribution in [0.3, 0.4) is 0 Å². The zero-order valence-electron chi connectivity index (χ0n) is 37.0. The average Bonchev–Trinajstić information content (AvgIpc) is 3.55. The highest BCUT2D eigenvalue weighted by Gasteiger charge is 2.59. The van der Waals surface area contributed by atoms with Gasteiger partial charge in [0.15, 0.2) is 24.1 Å². The number of aliphatic hydroxyl groups is 1. The molecule has 3 fully saturated rings. The van der Waals surface area contributed by atoms with E-state index < -0.39 is 114 Å². The van der Waals surface area contributed by atoms with E-state index in [2.05, 4.69) is 10.5 Å². The van der Waals surface area contributed by atoms with Crippen molar-refractivity contribution in [3.05, 3.63) is 71.8 Å². The van der Waals surface area contributed by atoms with Gasteiger partial charge in [0.05, 0.1) is 35.4 Å². The predicted octanol–water partition coefficient (Wildman–Crippen LogP) is 5.74. The van der Waals surface area contributed by atoms with Gasteiger partial charge in [0.2, 0.25) is 0 Å². The number of benzene rings is 2. The van der Waals surface area contributed by atoms with Crippen LogP contribution >= 0.6 is 0 Å². The number of rotatable bonds is 8. The summed E-state index contributed by atoms with van der Waals surface area (Å²) in [4.78, 5) is 69.7. The zero-order valence-corrected chi connectivity index (χ0v) is 37.0. The summed E-state index contributed by atoms with van der Waals surface area (Å²) < 4.78 is 43.2. The number of imide groups is 1. The molecule has 2 amide bonds. The van der Waals surface area contributed by atoms with Crippen molar-refractivity contribution >= 4 is 35.8 Å². The second kappa shape index (κ2) is 19.9. The van der Waals surface area contributed by atoms with E-state index in [0.717, 1.165) is 0 Å². The van der Waals surface area contributed by atoms with Gasteiger partial charge in [-0.25, -0.2) is 14.4 Å². The van der Waals surface area contributed by atoms with Gasteiger partial charge in [0, 0.05) is 23.3 Å². The second-order valence-electron chi connectivity index (χ2n) is 17.4. The number of alkyl carbamates (subject to hydrolysis) is 1. The van der Waals surface area contributed by atoms with Crippen molar-refractivity contribution in [1.29, 1.82) is 0 Å². The van der Waals surface area contributed by atoms with E-state index in [1.54, 1.807) is 83.1 Å². The first-order valence-corrected chi connectivity index (χ1v) is 21.1. The number of esters is 2. The van der Waals surface area contributed by atoms with Crippen LogP contribution in [-0.4, -0.2) is 125 Å². The summed E-state index contributed by atoms with van der Waals surface area (Å²) in [7, 11) is 3.65. The number of nitrogens with one attached hydrogen (secondary N) is 1. The molecule has 1 unspecified atom stereocenters. The van der Waals surface area contributed by atoms with Gasteiger partial charge in [-0.05, 0) is 85.3 Å². The molecule has 3 saturated heterocycles. The molecule has 0 radical (unpaired) electrons. The maximum Gasteiger partial charge on any atom is 0.509 e.